The molecule has 0 unspecified atom stereocenters. The Kier molecular flexibility index (Phi) is 5.93. The van der Waals surface area contributed by atoms with E-state index in [0.717, 1.165) is 11.3 Å². The number of hydrogen-bond acceptors (Lipinski definition) is 4. The minimum Gasteiger partial charge on any atom is -0.462 e. The lowest BCUT2D eigenvalue weighted by atomic mass is 10.2. The summed E-state index contributed by atoms with van der Waals surface area (Å²) in [4.78, 5) is 39.7. The van der Waals surface area contributed by atoms with Gasteiger partial charge >= 0.3 is 12.0 Å². The Balaban J connectivity index is 1.55. The van der Waals surface area contributed by atoms with Crippen molar-refractivity contribution in [3.05, 3.63) is 59.7 Å². The Morgan fingerprint density at radius 2 is 1.71 bits per heavy atom. The second-order valence-corrected chi connectivity index (χ2v) is 6.54. The fourth-order valence-corrected chi connectivity index (χ4v) is 2.97. The quantitative estimate of drug-likeness (QED) is 0.780. The highest BCUT2D eigenvalue weighted by Crippen LogP contribution is 2.20. The van der Waals surface area contributed by atoms with Gasteiger partial charge in [0.1, 0.15) is 6.54 Å². The van der Waals surface area contributed by atoms with Crippen molar-refractivity contribution < 1.29 is 19.1 Å². The molecule has 1 fully saturated rings. The average Bonchev–Trinajstić information content (AvgIpc) is 3.03. The lowest BCUT2D eigenvalue weighted by Crippen LogP contribution is -2.37. The van der Waals surface area contributed by atoms with E-state index in [9.17, 15) is 14.4 Å². The summed E-state index contributed by atoms with van der Waals surface area (Å²) < 4.78 is 4.93. The molecule has 7 heteroatoms. The first-order chi connectivity index (χ1) is 13.5. The molecule has 3 rings (SSSR count). The van der Waals surface area contributed by atoms with Crippen LogP contribution in [0.3, 0.4) is 0 Å². The lowest BCUT2D eigenvalue weighted by Gasteiger charge is -2.18. The van der Waals surface area contributed by atoms with Crippen LogP contribution < -0.4 is 10.2 Å². The zero-order valence-corrected chi connectivity index (χ0v) is 16.0. The van der Waals surface area contributed by atoms with Crippen molar-refractivity contribution in [3.8, 4) is 0 Å². The van der Waals surface area contributed by atoms with Gasteiger partial charge in [-0.1, -0.05) is 17.7 Å². The number of carbonyl (C=O) groups is 3. The summed E-state index contributed by atoms with van der Waals surface area (Å²) in [6, 6.07) is 14.0. The van der Waals surface area contributed by atoms with E-state index < -0.39 is 5.97 Å². The van der Waals surface area contributed by atoms with Crippen molar-refractivity contribution in [2.45, 2.75) is 13.8 Å². The van der Waals surface area contributed by atoms with Crippen LogP contribution in [0.4, 0.5) is 16.2 Å². The number of nitrogens with one attached hydrogen (secondary N) is 1. The van der Waals surface area contributed by atoms with Crippen molar-refractivity contribution >= 4 is 29.3 Å². The zero-order valence-electron chi connectivity index (χ0n) is 16.0. The molecule has 146 valence electrons. The first-order valence-electron chi connectivity index (χ1n) is 9.18. The third kappa shape index (κ3) is 4.49. The van der Waals surface area contributed by atoms with E-state index in [1.807, 2.05) is 31.2 Å². The molecule has 0 saturated carbocycles. The summed E-state index contributed by atoms with van der Waals surface area (Å²) in [7, 11) is 0. The van der Waals surface area contributed by atoms with Crippen LogP contribution in [0, 0.1) is 6.92 Å². The van der Waals surface area contributed by atoms with Gasteiger partial charge in [-0.15, -0.1) is 0 Å². The smallest absolute Gasteiger partial charge is 0.338 e. The number of amides is 3. The maximum Gasteiger partial charge on any atom is 0.338 e. The van der Waals surface area contributed by atoms with E-state index in [0.29, 0.717) is 30.9 Å². The standard InChI is InChI=1S/C21H23N3O4/c1-3-28-20(26)16-6-8-17(9-7-16)22-19(25)14-23-12-13-24(21(23)27)18-10-4-15(2)5-11-18/h4-11H,3,12-14H2,1-2H3,(H,22,25). The Bertz CT molecular complexity index is 862. The number of esters is 1. The van der Waals surface area contributed by atoms with Crippen LogP contribution in [0.15, 0.2) is 48.5 Å². The van der Waals surface area contributed by atoms with Gasteiger partial charge in [0.25, 0.3) is 0 Å². The SMILES string of the molecule is CCOC(=O)c1ccc(NC(=O)CN2CCN(c3ccc(C)cc3)C2=O)cc1. The van der Waals surface area contributed by atoms with Gasteiger partial charge in [-0.3, -0.25) is 9.69 Å². The van der Waals surface area contributed by atoms with Crippen LogP contribution in [0.5, 0.6) is 0 Å². The number of hydrogen-bond donors (Lipinski definition) is 1. The molecule has 0 spiro atoms. The molecule has 0 aliphatic carbocycles. The topological polar surface area (TPSA) is 79.0 Å². The van der Waals surface area contributed by atoms with E-state index in [4.69, 9.17) is 4.74 Å². The largest absolute Gasteiger partial charge is 0.462 e. The van der Waals surface area contributed by atoms with Crippen molar-refractivity contribution in [2.24, 2.45) is 0 Å². The Morgan fingerprint density at radius 1 is 1.04 bits per heavy atom. The van der Waals surface area contributed by atoms with Crippen LogP contribution in [-0.2, 0) is 9.53 Å². The van der Waals surface area contributed by atoms with Gasteiger partial charge in [-0.25, -0.2) is 9.59 Å². The van der Waals surface area contributed by atoms with Crippen LogP contribution in [0.1, 0.15) is 22.8 Å². The van der Waals surface area contributed by atoms with Gasteiger partial charge in [0.2, 0.25) is 5.91 Å². The molecule has 1 saturated heterocycles. The predicted molar refractivity (Wildman–Crippen MR) is 107 cm³/mol. The Morgan fingerprint density at radius 3 is 2.36 bits per heavy atom. The number of urea groups is 1. The van der Waals surface area contributed by atoms with Crippen molar-refractivity contribution in [3.63, 3.8) is 0 Å². The number of ether oxygens (including phenoxy) is 1. The Hall–Kier alpha value is -3.35. The highest BCUT2D eigenvalue weighted by atomic mass is 16.5. The minimum atomic E-state index is -0.403. The highest BCUT2D eigenvalue weighted by molar-refractivity contribution is 5.99. The maximum atomic E-state index is 12.6. The van der Waals surface area contributed by atoms with Crippen LogP contribution in [0.2, 0.25) is 0 Å². The summed E-state index contributed by atoms with van der Waals surface area (Å²) in [5.41, 5.74) is 2.93. The van der Waals surface area contributed by atoms with Crippen molar-refractivity contribution in [1.82, 2.24) is 4.90 Å². The summed E-state index contributed by atoms with van der Waals surface area (Å²) in [5.74, 6) is -0.692. The number of rotatable bonds is 6. The zero-order chi connectivity index (χ0) is 20.1. The number of nitrogens with zero attached hydrogens (tertiary/aromatic N) is 2. The molecule has 0 atom stereocenters. The molecule has 28 heavy (non-hydrogen) atoms. The first kappa shape index (κ1) is 19.4. The highest BCUT2D eigenvalue weighted by Gasteiger charge is 2.30. The first-order valence-corrected chi connectivity index (χ1v) is 9.18. The number of aryl methyl sites for hydroxylation is 1. The maximum absolute atomic E-state index is 12.6. The summed E-state index contributed by atoms with van der Waals surface area (Å²) >= 11 is 0. The molecule has 0 bridgehead atoms. The predicted octanol–water partition coefficient (Wildman–Crippen LogP) is 3.05. The average molecular weight is 381 g/mol. The van der Waals surface area contributed by atoms with Gasteiger partial charge in [0, 0.05) is 24.5 Å². The van der Waals surface area contributed by atoms with Gasteiger partial charge in [-0.05, 0) is 50.2 Å². The molecular formula is C21H23N3O4. The molecule has 0 radical (unpaired) electrons. The van der Waals surface area contributed by atoms with E-state index in [1.165, 1.54) is 4.90 Å². The molecule has 3 amide bonds. The summed E-state index contributed by atoms with van der Waals surface area (Å²) in [5, 5.41) is 2.75. The number of anilines is 2. The van der Waals surface area contributed by atoms with E-state index in [-0.39, 0.29) is 18.5 Å². The molecule has 1 N–H and O–H groups in total. The van der Waals surface area contributed by atoms with Crippen LogP contribution >= 0.6 is 0 Å². The molecule has 2 aromatic carbocycles. The number of benzene rings is 2. The molecule has 2 aromatic rings. The van der Waals surface area contributed by atoms with Crippen LogP contribution in [0.25, 0.3) is 0 Å². The van der Waals surface area contributed by atoms with E-state index >= 15 is 0 Å². The minimum absolute atomic E-state index is 0.0270. The molecule has 1 aliphatic heterocycles. The molecule has 1 aliphatic rings. The lowest BCUT2D eigenvalue weighted by molar-refractivity contribution is -0.116. The molecular weight excluding hydrogens is 358 g/mol. The number of carbonyl (C=O) groups excluding carboxylic acids is 3. The van der Waals surface area contributed by atoms with Gasteiger partial charge < -0.3 is 15.0 Å². The normalized spacial score (nSPS) is 13.6. The van der Waals surface area contributed by atoms with Gasteiger partial charge in [-0.2, -0.15) is 0 Å². The second kappa shape index (κ2) is 8.56. The second-order valence-electron chi connectivity index (χ2n) is 6.54. The third-order valence-electron chi connectivity index (χ3n) is 4.45. The van der Waals surface area contributed by atoms with Crippen molar-refractivity contribution in [2.75, 3.05) is 36.5 Å². The monoisotopic (exact) mass is 381 g/mol. The van der Waals surface area contributed by atoms with E-state index in [1.54, 1.807) is 36.1 Å². The summed E-state index contributed by atoms with van der Waals surface area (Å²) in [6.45, 7) is 5.05. The molecule has 7 nitrogen and oxygen atoms in total. The van der Waals surface area contributed by atoms with Gasteiger partial charge in [0.05, 0.1) is 12.2 Å². The summed E-state index contributed by atoms with van der Waals surface area (Å²) in [6.07, 6.45) is 0. The Labute approximate surface area is 163 Å². The van der Waals surface area contributed by atoms with Crippen LogP contribution in [-0.4, -0.2) is 49.0 Å². The third-order valence-corrected chi connectivity index (χ3v) is 4.45. The van der Waals surface area contributed by atoms with Crippen molar-refractivity contribution in [1.29, 1.82) is 0 Å². The van der Waals surface area contributed by atoms with Gasteiger partial charge in [0.15, 0.2) is 0 Å². The van der Waals surface area contributed by atoms with E-state index in [2.05, 4.69) is 5.32 Å². The fraction of sp³-hybridized carbons (Fsp3) is 0.286. The fourth-order valence-electron chi connectivity index (χ4n) is 2.97. The molecule has 0 aromatic heterocycles. The molecule has 1 heterocycles.